The Balaban J connectivity index is 1.67. The van der Waals surface area contributed by atoms with Crippen molar-refractivity contribution in [1.82, 2.24) is 9.80 Å². The molecule has 4 heteroatoms. The lowest BCUT2D eigenvalue weighted by Crippen LogP contribution is -2.47. The van der Waals surface area contributed by atoms with Crippen LogP contribution in [0.15, 0.2) is 72.8 Å². The maximum atomic E-state index is 14.4. The minimum Gasteiger partial charge on any atom is -0.280 e. The molecule has 0 aliphatic carbocycles. The fourth-order valence-electron chi connectivity index (χ4n) is 4.13. The summed E-state index contributed by atoms with van der Waals surface area (Å²) < 4.78 is 14.4. The van der Waals surface area contributed by atoms with E-state index in [-0.39, 0.29) is 12.0 Å². The normalized spacial score (nSPS) is 18.1. The number of rotatable bonds is 5. The van der Waals surface area contributed by atoms with Crippen LogP contribution in [0.5, 0.6) is 0 Å². The molecule has 3 aromatic carbocycles. The summed E-state index contributed by atoms with van der Waals surface area (Å²) >= 11 is 6.46. The first kappa shape index (κ1) is 20.1. The fraction of sp³-hybridized carbons (Fsp3) is 0.280. The lowest BCUT2D eigenvalue weighted by Gasteiger charge is -2.44. The Morgan fingerprint density at radius 1 is 0.828 bits per heavy atom. The molecule has 1 atom stereocenters. The van der Waals surface area contributed by atoms with Crippen LogP contribution in [0.1, 0.15) is 34.8 Å². The van der Waals surface area contributed by atoms with E-state index in [1.54, 1.807) is 12.1 Å². The molecule has 1 aliphatic rings. The van der Waals surface area contributed by atoms with Crippen LogP contribution >= 0.6 is 11.6 Å². The summed E-state index contributed by atoms with van der Waals surface area (Å²) in [5.74, 6) is -0.140. The Kier molecular flexibility index (Phi) is 6.29. The Hall–Kier alpha value is -2.20. The minimum absolute atomic E-state index is 0.0835. The first-order valence-corrected chi connectivity index (χ1v) is 10.5. The molecule has 0 saturated carbocycles. The first-order chi connectivity index (χ1) is 14.1. The van der Waals surface area contributed by atoms with Crippen molar-refractivity contribution in [2.24, 2.45) is 0 Å². The van der Waals surface area contributed by atoms with Gasteiger partial charge >= 0.3 is 0 Å². The van der Waals surface area contributed by atoms with Gasteiger partial charge < -0.3 is 0 Å². The molecule has 0 amide bonds. The summed E-state index contributed by atoms with van der Waals surface area (Å²) in [5, 5.41) is 0.793. The van der Waals surface area contributed by atoms with E-state index in [1.165, 1.54) is 11.1 Å². The third-order valence-corrected chi connectivity index (χ3v) is 5.99. The molecule has 0 N–H and O–H groups in total. The number of halogens is 2. The molecule has 0 bridgehead atoms. The molecule has 1 saturated heterocycles. The van der Waals surface area contributed by atoms with E-state index < -0.39 is 0 Å². The maximum Gasteiger partial charge on any atom is 0.127 e. The van der Waals surface area contributed by atoms with Crippen LogP contribution in [-0.4, -0.2) is 22.9 Å². The molecule has 150 valence electrons. The second-order valence-electron chi connectivity index (χ2n) is 7.76. The van der Waals surface area contributed by atoms with Crippen molar-refractivity contribution in [3.05, 3.63) is 106 Å². The third kappa shape index (κ3) is 4.69. The predicted molar refractivity (Wildman–Crippen MR) is 117 cm³/mol. The van der Waals surface area contributed by atoms with Crippen molar-refractivity contribution in [3.8, 4) is 0 Å². The quantitative estimate of drug-likeness (QED) is 0.496. The molecule has 2 nitrogen and oxygen atoms in total. The van der Waals surface area contributed by atoms with Crippen LogP contribution in [0.2, 0.25) is 5.02 Å². The highest BCUT2D eigenvalue weighted by molar-refractivity contribution is 6.31. The van der Waals surface area contributed by atoms with E-state index in [9.17, 15) is 4.39 Å². The molecular weight excluding hydrogens is 383 g/mol. The number of hydrogen-bond acceptors (Lipinski definition) is 2. The van der Waals surface area contributed by atoms with E-state index in [0.717, 1.165) is 42.2 Å². The van der Waals surface area contributed by atoms with Crippen LogP contribution in [-0.2, 0) is 13.1 Å². The second-order valence-corrected chi connectivity index (χ2v) is 8.17. The Bertz CT molecular complexity index is 902. The average Bonchev–Trinajstić information content (AvgIpc) is 2.73. The van der Waals surface area contributed by atoms with Crippen LogP contribution in [0.25, 0.3) is 0 Å². The Labute approximate surface area is 177 Å². The summed E-state index contributed by atoms with van der Waals surface area (Å²) in [6.07, 6.45) is 1.13. The van der Waals surface area contributed by atoms with Gasteiger partial charge in [-0.05, 0) is 36.6 Å². The Morgan fingerprint density at radius 3 is 2.07 bits per heavy atom. The molecule has 1 aliphatic heterocycles. The smallest absolute Gasteiger partial charge is 0.127 e. The fourth-order valence-corrected chi connectivity index (χ4v) is 4.33. The van der Waals surface area contributed by atoms with E-state index in [2.05, 4.69) is 47.1 Å². The van der Waals surface area contributed by atoms with E-state index in [0.29, 0.717) is 6.54 Å². The first-order valence-electron chi connectivity index (χ1n) is 10.1. The lowest BCUT2D eigenvalue weighted by atomic mass is 10.0. The van der Waals surface area contributed by atoms with Crippen LogP contribution in [0, 0.1) is 12.7 Å². The topological polar surface area (TPSA) is 6.48 Å². The zero-order valence-electron chi connectivity index (χ0n) is 16.7. The monoisotopic (exact) mass is 408 g/mol. The molecule has 1 heterocycles. The zero-order valence-corrected chi connectivity index (χ0v) is 17.4. The third-order valence-electron chi connectivity index (χ3n) is 5.62. The van der Waals surface area contributed by atoms with E-state index >= 15 is 0 Å². The largest absolute Gasteiger partial charge is 0.280 e. The van der Waals surface area contributed by atoms with Gasteiger partial charge in [-0.25, -0.2) is 4.39 Å². The number of aryl methyl sites for hydroxylation is 1. The van der Waals surface area contributed by atoms with Gasteiger partial charge in [-0.3, -0.25) is 9.80 Å². The highest BCUT2D eigenvalue weighted by Gasteiger charge is 2.31. The number of nitrogens with zero attached hydrogens (tertiary/aromatic N) is 2. The van der Waals surface area contributed by atoms with E-state index in [4.69, 9.17) is 11.6 Å². The molecule has 1 unspecified atom stereocenters. The highest BCUT2D eigenvalue weighted by Crippen LogP contribution is 2.33. The summed E-state index contributed by atoms with van der Waals surface area (Å²) in [5.41, 5.74) is 4.34. The summed E-state index contributed by atoms with van der Waals surface area (Å²) in [4.78, 5) is 4.83. The molecule has 1 fully saturated rings. The van der Waals surface area contributed by atoms with E-state index in [1.807, 2.05) is 30.3 Å². The standard InChI is InChI=1S/C25H26ClFN2/c1-19-11-13-20(14-12-19)25-28(17-21-7-2-4-9-23(21)26)15-6-16-29(25)18-22-8-3-5-10-24(22)27/h2-5,7-14,25H,6,15-18H2,1H3. The van der Waals surface area contributed by atoms with Crippen molar-refractivity contribution >= 4 is 11.6 Å². The van der Waals surface area contributed by atoms with Crippen molar-refractivity contribution in [2.45, 2.75) is 32.6 Å². The molecule has 4 rings (SSSR count). The number of hydrogen-bond donors (Lipinski definition) is 0. The van der Waals surface area contributed by atoms with Crippen LogP contribution < -0.4 is 0 Å². The minimum atomic E-state index is -0.140. The van der Waals surface area contributed by atoms with Crippen molar-refractivity contribution in [1.29, 1.82) is 0 Å². The van der Waals surface area contributed by atoms with Gasteiger partial charge in [0.25, 0.3) is 0 Å². The van der Waals surface area contributed by atoms with Gasteiger partial charge in [0.2, 0.25) is 0 Å². The van der Waals surface area contributed by atoms with Gasteiger partial charge in [-0.2, -0.15) is 0 Å². The van der Waals surface area contributed by atoms with Gasteiger partial charge in [0.05, 0.1) is 6.17 Å². The van der Waals surface area contributed by atoms with Crippen LogP contribution in [0.4, 0.5) is 4.39 Å². The van der Waals surface area contributed by atoms with Crippen molar-refractivity contribution < 1.29 is 4.39 Å². The molecule has 29 heavy (non-hydrogen) atoms. The van der Waals surface area contributed by atoms with Crippen molar-refractivity contribution in [3.63, 3.8) is 0 Å². The van der Waals surface area contributed by atoms with Gasteiger partial charge in [-0.1, -0.05) is 77.8 Å². The summed E-state index contributed by atoms with van der Waals surface area (Å²) in [7, 11) is 0. The van der Waals surface area contributed by atoms with Gasteiger partial charge in [0, 0.05) is 36.8 Å². The van der Waals surface area contributed by atoms with Gasteiger partial charge in [0.1, 0.15) is 5.82 Å². The van der Waals surface area contributed by atoms with Gasteiger partial charge in [0.15, 0.2) is 0 Å². The predicted octanol–water partition coefficient (Wildman–Crippen LogP) is 6.19. The molecule has 0 aromatic heterocycles. The molecule has 0 spiro atoms. The summed E-state index contributed by atoms with van der Waals surface area (Å²) in [6, 6.07) is 23.8. The highest BCUT2D eigenvalue weighted by atomic mass is 35.5. The molecule has 0 radical (unpaired) electrons. The molecular formula is C25H26ClFN2. The Morgan fingerprint density at radius 2 is 1.41 bits per heavy atom. The van der Waals surface area contributed by atoms with Crippen LogP contribution in [0.3, 0.4) is 0 Å². The second kappa shape index (κ2) is 9.08. The maximum absolute atomic E-state index is 14.4. The zero-order chi connectivity index (χ0) is 20.2. The SMILES string of the molecule is Cc1ccc(C2N(Cc3ccccc3F)CCCN2Cc2ccccc2Cl)cc1. The summed E-state index contributed by atoms with van der Waals surface area (Å²) in [6.45, 7) is 5.38. The average molecular weight is 409 g/mol. The van der Waals surface area contributed by atoms with Gasteiger partial charge in [-0.15, -0.1) is 0 Å². The lowest BCUT2D eigenvalue weighted by molar-refractivity contribution is -0.00963. The van der Waals surface area contributed by atoms with Crippen molar-refractivity contribution in [2.75, 3.05) is 13.1 Å². The number of benzene rings is 3. The molecule has 3 aromatic rings.